The molecule has 1 aromatic carbocycles. The van der Waals surface area contributed by atoms with Crippen LogP contribution in [0, 0.1) is 0 Å². The average Bonchev–Trinajstić information content (AvgIpc) is 3.29. The molecule has 0 spiro atoms. The van der Waals surface area contributed by atoms with Gasteiger partial charge in [0, 0.05) is 31.3 Å². The first kappa shape index (κ1) is 21.6. The first-order chi connectivity index (χ1) is 14.9. The van der Waals surface area contributed by atoms with E-state index in [9.17, 15) is 19.5 Å². The monoisotopic (exact) mass is 425 g/mol. The number of hydrogen-bond donors (Lipinski definition) is 3. The van der Waals surface area contributed by atoms with Gasteiger partial charge in [0.1, 0.15) is 5.75 Å². The van der Waals surface area contributed by atoms with Crippen LogP contribution < -0.4 is 16.2 Å². The number of aryl methyl sites for hydroxylation is 1. The fourth-order valence-corrected chi connectivity index (χ4v) is 3.00. The van der Waals surface area contributed by atoms with Crippen molar-refractivity contribution in [3.05, 3.63) is 71.2 Å². The van der Waals surface area contributed by atoms with E-state index in [-0.39, 0.29) is 24.5 Å². The fourth-order valence-electron chi connectivity index (χ4n) is 3.00. The number of rotatable bonds is 7. The largest absolute Gasteiger partial charge is 0.505 e. The molecule has 1 atom stereocenters. The Bertz CT molecular complexity index is 1120. The van der Waals surface area contributed by atoms with E-state index in [4.69, 9.17) is 4.74 Å². The van der Waals surface area contributed by atoms with Gasteiger partial charge in [0.15, 0.2) is 5.69 Å². The van der Waals surface area contributed by atoms with Gasteiger partial charge in [0.05, 0.1) is 25.4 Å². The number of anilines is 1. The number of imidazole rings is 1. The first-order valence-corrected chi connectivity index (χ1v) is 9.59. The van der Waals surface area contributed by atoms with Crippen LogP contribution in [0.5, 0.6) is 5.75 Å². The molecule has 162 valence electrons. The lowest BCUT2D eigenvalue weighted by molar-refractivity contribution is -0.143. The number of nitrogens with zero attached hydrogens (tertiary/aromatic N) is 3. The van der Waals surface area contributed by atoms with Crippen molar-refractivity contribution in [2.45, 2.75) is 19.4 Å². The van der Waals surface area contributed by atoms with E-state index in [0.29, 0.717) is 5.56 Å². The van der Waals surface area contributed by atoms with Crippen LogP contribution in [-0.4, -0.2) is 37.8 Å². The maximum absolute atomic E-state index is 12.6. The zero-order valence-electron chi connectivity index (χ0n) is 17.1. The summed E-state index contributed by atoms with van der Waals surface area (Å²) in [5.41, 5.74) is 0.615. The molecule has 0 aliphatic carbocycles. The van der Waals surface area contributed by atoms with Crippen molar-refractivity contribution in [1.82, 2.24) is 19.4 Å². The Balaban J connectivity index is 1.85. The summed E-state index contributed by atoms with van der Waals surface area (Å²) in [5.74, 6) is -0.846. The normalized spacial score (nSPS) is 11.5. The molecule has 0 aliphatic heterocycles. The second-order valence-corrected chi connectivity index (χ2v) is 6.72. The predicted molar refractivity (Wildman–Crippen MR) is 113 cm³/mol. The van der Waals surface area contributed by atoms with E-state index in [2.05, 4.69) is 15.6 Å². The van der Waals surface area contributed by atoms with Crippen LogP contribution in [0.3, 0.4) is 0 Å². The maximum atomic E-state index is 12.6. The Kier molecular flexibility index (Phi) is 6.71. The molecular formula is C21H23N5O5. The molecule has 0 fully saturated rings. The molecule has 0 saturated carbocycles. The van der Waals surface area contributed by atoms with Crippen LogP contribution in [0.2, 0.25) is 0 Å². The summed E-state index contributed by atoms with van der Waals surface area (Å²) in [5, 5.41) is 15.0. The zero-order valence-corrected chi connectivity index (χ0v) is 17.1. The number of hydrogen-bond acceptors (Lipinski definition) is 6. The van der Waals surface area contributed by atoms with Gasteiger partial charge in [-0.15, -0.1) is 0 Å². The van der Waals surface area contributed by atoms with E-state index in [1.54, 1.807) is 42.3 Å². The van der Waals surface area contributed by atoms with Crippen LogP contribution in [0.15, 0.2) is 60.0 Å². The highest BCUT2D eigenvalue weighted by atomic mass is 16.5. The second kappa shape index (κ2) is 9.61. The Morgan fingerprint density at radius 1 is 1.26 bits per heavy atom. The lowest BCUT2D eigenvalue weighted by Gasteiger charge is -2.20. The van der Waals surface area contributed by atoms with Gasteiger partial charge in [0.25, 0.3) is 5.56 Å². The summed E-state index contributed by atoms with van der Waals surface area (Å²) >= 11 is 0. The van der Waals surface area contributed by atoms with Gasteiger partial charge in [-0.2, -0.15) is 0 Å². The molecule has 0 unspecified atom stereocenters. The van der Waals surface area contributed by atoms with Crippen LogP contribution >= 0.6 is 0 Å². The minimum Gasteiger partial charge on any atom is -0.505 e. The van der Waals surface area contributed by atoms with Crippen molar-refractivity contribution in [1.29, 1.82) is 0 Å². The molecule has 10 nitrogen and oxygen atoms in total. The summed E-state index contributed by atoms with van der Waals surface area (Å²) < 4.78 is 8.04. The number of aromatic hydroxyl groups is 1. The second-order valence-electron chi connectivity index (χ2n) is 6.72. The van der Waals surface area contributed by atoms with Gasteiger partial charge in [-0.3, -0.25) is 9.59 Å². The summed E-state index contributed by atoms with van der Waals surface area (Å²) in [6.45, 7) is 1.90. The SMILES string of the molecule is CCOC(=O)C[C@H](NC(=O)Nc1c(O)ccn(C)c1=O)c1cccc(-n2ccnc2)c1. The number of pyridine rings is 1. The lowest BCUT2D eigenvalue weighted by atomic mass is 10.0. The molecule has 3 aromatic rings. The lowest BCUT2D eigenvalue weighted by Crippen LogP contribution is -2.36. The Hall–Kier alpha value is -4.08. The van der Waals surface area contributed by atoms with E-state index < -0.39 is 23.6 Å². The van der Waals surface area contributed by atoms with E-state index in [1.807, 2.05) is 12.1 Å². The standard InChI is InChI=1S/C21H23N5O5/c1-3-31-18(28)12-16(14-5-4-6-15(11-14)26-10-8-22-13-26)23-21(30)24-19-17(27)7-9-25(2)20(19)29/h4-11,13,16,27H,3,12H2,1-2H3,(H2,23,24,30)/t16-/m0/s1. The zero-order chi connectivity index (χ0) is 22.4. The molecular weight excluding hydrogens is 402 g/mol. The first-order valence-electron chi connectivity index (χ1n) is 9.59. The number of nitrogens with one attached hydrogen (secondary N) is 2. The van der Waals surface area contributed by atoms with Gasteiger partial charge in [-0.1, -0.05) is 12.1 Å². The molecule has 3 N–H and O–H groups in total. The maximum Gasteiger partial charge on any atom is 0.319 e. The van der Waals surface area contributed by atoms with Gasteiger partial charge < -0.3 is 29.6 Å². The van der Waals surface area contributed by atoms with Crippen LogP contribution in [0.1, 0.15) is 24.9 Å². The smallest absolute Gasteiger partial charge is 0.319 e. The van der Waals surface area contributed by atoms with Crippen LogP contribution in [0.25, 0.3) is 5.69 Å². The fraction of sp³-hybridized carbons (Fsp3) is 0.238. The number of aromatic nitrogens is 3. The quantitative estimate of drug-likeness (QED) is 0.498. The topological polar surface area (TPSA) is 127 Å². The Morgan fingerprint density at radius 2 is 2.06 bits per heavy atom. The van der Waals surface area contributed by atoms with E-state index in [1.165, 1.54) is 23.9 Å². The summed E-state index contributed by atoms with van der Waals surface area (Å²) in [6.07, 6.45) is 6.31. The molecule has 0 aliphatic rings. The molecule has 0 bridgehead atoms. The van der Waals surface area contributed by atoms with Crippen LogP contribution in [0.4, 0.5) is 10.5 Å². The Morgan fingerprint density at radius 3 is 2.77 bits per heavy atom. The summed E-state index contributed by atoms with van der Waals surface area (Å²) in [7, 11) is 1.50. The number of ether oxygens (including phenoxy) is 1. The van der Waals surface area contributed by atoms with Gasteiger partial charge in [-0.25, -0.2) is 9.78 Å². The highest BCUT2D eigenvalue weighted by Crippen LogP contribution is 2.22. The number of carbonyl (C=O) groups is 2. The molecule has 31 heavy (non-hydrogen) atoms. The minimum absolute atomic E-state index is 0.118. The summed E-state index contributed by atoms with van der Waals surface area (Å²) in [4.78, 5) is 41.0. The molecule has 2 aromatic heterocycles. The van der Waals surface area contributed by atoms with Crippen molar-refractivity contribution in [3.63, 3.8) is 0 Å². The van der Waals surface area contributed by atoms with Crippen molar-refractivity contribution < 1.29 is 19.4 Å². The van der Waals surface area contributed by atoms with Crippen molar-refractivity contribution in [2.24, 2.45) is 7.05 Å². The number of esters is 1. The van der Waals surface area contributed by atoms with Crippen molar-refractivity contribution in [3.8, 4) is 11.4 Å². The molecule has 0 saturated heterocycles. The van der Waals surface area contributed by atoms with Crippen molar-refractivity contribution >= 4 is 17.7 Å². The summed E-state index contributed by atoms with van der Waals surface area (Å²) in [6, 6.07) is 7.04. The average molecular weight is 425 g/mol. The van der Waals surface area contributed by atoms with E-state index >= 15 is 0 Å². The number of carbonyl (C=O) groups excluding carboxylic acids is 2. The number of amides is 2. The van der Waals surface area contributed by atoms with Crippen molar-refractivity contribution in [2.75, 3.05) is 11.9 Å². The number of benzene rings is 1. The van der Waals surface area contributed by atoms with E-state index in [0.717, 1.165) is 5.69 Å². The molecule has 10 heteroatoms. The molecule has 2 heterocycles. The van der Waals surface area contributed by atoms with Gasteiger partial charge >= 0.3 is 12.0 Å². The highest BCUT2D eigenvalue weighted by molar-refractivity contribution is 5.91. The van der Waals surface area contributed by atoms with Gasteiger partial charge in [-0.05, 0) is 30.7 Å². The molecule has 3 rings (SSSR count). The highest BCUT2D eigenvalue weighted by Gasteiger charge is 2.21. The third-order valence-corrected chi connectivity index (χ3v) is 4.54. The van der Waals surface area contributed by atoms with Crippen LogP contribution in [-0.2, 0) is 16.6 Å². The molecule has 0 radical (unpaired) electrons. The predicted octanol–water partition coefficient (Wildman–Crippen LogP) is 2.09. The van der Waals surface area contributed by atoms with Gasteiger partial charge in [0.2, 0.25) is 0 Å². The molecule has 2 amide bonds. The number of urea groups is 1. The third kappa shape index (κ3) is 5.30. The Labute approximate surface area is 178 Å². The minimum atomic E-state index is -0.749. The third-order valence-electron chi connectivity index (χ3n) is 4.54.